The first kappa shape index (κ1) is 19.6. The normalized spacial score (nSPS) is 53.6. The van der Waals surface area contributed by atoms with Gasteiger partial charge in [-0.1, -0.05) is 0 Å². The topological polar surface area (TPSA) is 64.3 Å². The van der Waals surface area contributed by atoms with Crippen molar-refractivity contribution < 1.29 is 13.9 Å². The van der Waals surface area contributed by atoms with Crippen molar-refractivity contribution in [1.82, 2.24) is 30.9 Å². The molecular weight excluding hydrogens is 399 g/mol. The number of fused-ring (bicyclic) bond motifs is 5. The van der Waals surface area contributed by atoms with Crippen LogP contribution < -0.4 is 16.1 Å². The number of morpholine rings is 1. The molecule has 0 aromatic rings. The smallest absolute Gasteiger partial charge is 0.117 e. The van der Waals surface area contributed by atoms with Crippen molar-refractivity contribution >= 4 is 11.6 Å². The second-order valence-corrected chi connectivity index (χ2v) is 9.85. The van der Waals surface area contributed by atoms with Crippen LogP contribution in [0, 0.1) is 5.92 Å². The molecule has 4 bridgehead atoms. The number of nitrogens with one attached hydrogen (secondary N) is 3. The van der Waals surface area contributed by atoms with Gasteiger partial charge in [0.25, 0.3) is 0 Å². The minimum atomic E-state index is -0.769. The zero-order valence-electron chi connectivity index (χ0n) is 16.7. The monoisotopic (exact) mass is 430 g/mol. The number of rotatable bonds is 0. The van der Waals surface area contributed by atoms with Gasteiger partial charge in [-0.05, 0) is 12.8 Å². The molecule has 8 unspecified atom stereocenters. The van der Waals surface area contributed by atoms with E-state index in [-0.39, 0.29) is 42.1 Å². The van der Waals surface area contributed by atoms with Gasteiger partial charge >= 0.3 is 0 Å². The Morgan fingerprint density at radius 2 is 1.83 bits per heavy atom. The Hall–Kier alpha value is -0.100. The lowest BCUT2D eigenvalue weighted by molar-refractivity contribution is -0.109. The van der Waals surface area contributed by atoms with Crippen LogP contribution in [0.2, 0.25) is 0 Å². The van der Waals surface area contributed by atoms with Crippen molar-refractivity contribution in [2.24, 2.45) is 5.92 Å². The standard InChI is InChI=1S/C19H32ClFN6O2/c20-17-12-8-22-27-13-2-1-11(21)7-15(13)28-5-3-25-9-14-16(10-25)29-6-4-26(14)19(23-17)24-18(12)27/h11-19,22-24H,1-10H2/t11?,12?,13?,14-,15?,16+,17?,18?,19?/m0/s1. The third kappa shape index (κ3) is 3.43. The summed E-state index contributed by atoms with van der Waals surface area (Å²) in [6, 6.07) is 0.507. The van der Waals surface area contributed by atoms with Crippen molar-refractivity contribution in [3.8, 4) is 0 Å². The van der Waals surface area contributed by atoms with Gasteiger partial charge in [0.1, 0.15) is 12.5 Å². The van der Waals surface area contributed by atoms with E-state index in [4.69, 9.17) is 21.1 Å². The number of hydrazine groups is 1. The molecule has 6 aliphatic rings. The molecular formula is C19H32ClFN6O2. The molecule has 5 saturated heterocycles. The fourth-order valence-electron chi connectivity index (χ4n) is 6.28. The van der Waals surface area contributed by atoms with E-state index in [1.165, 1.54) is 0 Å². The van der Waals surface area contributed by atoms with Crippen LogP contribution in [0.4, 0.5) is 4.39 Å². The first-order valence-corrected chi connectivity index (χ1v) is 11.6. The first-order valence-electron chi connectivity index (χ1n) is 11.2. The maximum absolute atomic E-state index is 14.2. The van der Waals surface area contributed by atoms with Crippen molar-refractivity contribution in [3.63, 3.8) is 0 Å². The highest BCUT2D eigenvalue weighted by Gasteiger charge is 2.52. The molecule has 0 radical (unpaired) electrons. The van der Waals surface area contributed by atoms with E-state index in [0.717, 1.165) is 45.8 Å². The van der Waals surface area contributed by atoms with Gasteiger partial charge in [-0.15, -0.1) is 11.6 Å². The maximum atomic E-state index is 14.2. The molecule has 6 fully saturated rings. The summed E-state index contributed by atoms with van der Waals surface area (Å²) >= 11 is 6.84. The molecule has 0 amide bonds. The molecule has 5 aliphatic heterocycles. The highest BCUT2D eigenvalue weighted by atomic mass is 35.5. The van der Waals surface area contributed by atoms with E-state index < -0.39 is 6.17 Å². The lowest BCUT2D eigenvalue weighted by Crippen LogP contribution is -2.73. The Bertz CT molecular complexity index is 621. The molecule has 29 heavy (non-hydrogen) atoms. The van der Waals surface area contributed by atoms with E-state index in [1.54, 1.807) is 0 Å². The summed E-state index contributed by atoms with van der Waals surface area (Å²) in [4.78, 5) is 4.93. The Labute approximate surface area is 176 Å². The van der Waals surface area contributed by atoms with Crippen LogP contribution in [0.3, 0.4) is 0 Å². The summed E-state index contributed by atoms with van der Waals surface area (Å²) < 4.78 is 26.7. The van der Waals surface area contributed by atoms with Gasteiger partial charge in [0.05, 0.1) is 49.2 Å². The number of ether oxygens (including phenoxy) is 2. The number of hydrogen-bond acceptors (Lipinski definition) is 8. The number of halogens is 2. The van der Waals surface area contributed by atoms with E-state index >= 15 is 0 Å². The third-order valence-electron chi connectivity index (χ3n) is 7.78. The first-order chi connectivity index (χ1) is 14.2. The highest BCUT2D eigenvalue weighted by molar-refractivity contribution is 6.20. The molecule has 0 spiro atoms. The molecule has 1 aliphatic carbocycles. The molecule has 5 heterocycles. The SMILES string of the molecule is FC1CCC2C(C1)OCCN1C[C@H]3OCCN(C4NC(Cl)C5CNN2C5N4)[C@H]3C1. The predicted molar refractivity (Wildman–Crippen MR) is 106 cm³/mol. The Balaban J connectivity index is 1.32. The summed E-state index contributed by atoms with van der Waals surface area (Å²) in [7, 11) is 0. The Morgan fingerprint density at radius 3 is 2.76 bits per heavy atom. The average molecular weight is 431 g/mol. The lowest BCUT2D eigenvalue weighted by atomic mass is 9.89. The second kappa shape index (κ2) is 7.79. The number of hydrogen-bond donors (Lipinski definition) is 3. The summed E-state index contributed by atoms with van der Waals surface area (Å²) in [6.45, 7) is 5.86. The molecule has 10 heteroatoms. The fourth-order valence-corrected chi connectivity index (χ4v) is 6.63. The Morgan fingerprint density at radius 1 is 0.966 bits per heavy atom. The number of nitrogens with zero attached hydrogens (tertiary/aromatic N) is 3. The van der Waals surface area contributed by atoms with Gasteiger partial charge in [-0.25, -0.2) is 9.40 Å². The van der Waals surface area contributed by atoms with Crippen LogP contribution in [0.5, 0.6) is 0 Å². The molecule has 10 atom stereocenters. The van der Waals surface area contributed by atoms with Crippen LogP contribution in [-0.4, -0.2) is 109 Å². The van der Waals surface area contributed by atoms with Crippen LogP contribution in [0.25, 0.3) is 0 Å². The fraction of sp³-hybridized carbons (Fsp3) is 1.00. The van der Waals surface area contributed by atoms with Crippen LogP contribution in [-0.2, 0) is 9.47 Å². The van der Waals surface area contributed by atoms with Gasteiger partial charge in [0.2, 0.25) is 0 Å². The van der Waals surface area contributed by atoms with Crippen LogP contribution in [0.1, 0.15) is 19.3 Å². The quantitative estimate of drug-likeness (QED) is 0.350. The summed E-state index contributed by atoms with van der Waals surface area (Å²) in [5, 5.41) is 9.75. The molecule has 164 valence electrons. The second-order valence-electron chi connectivity index (χ2n) is 9.38. The molecule has 6 rings (SSSR count). The zero-order valence-corrected chi connectivity index (χ0v) is 17.4. The van der Waals surface area contributed by atoms with Crippen molar-refractivity contribution in [2.75, 3.05) is 45.9 Å². The van der Waals surface area contributed by atoms with Crippen LogP contribution >= 0.6 is 11.6 Å². The van der Waals surface area contributed by atoms with E-state index in [2.05, 4.69) is 30.9 Å². The summed E-state index contributed by atoms with van der Waals surface area (Å²) in [5.74, 6) is 0.249. The molecule has 8 nitrogen and oxygen atoms in total. The molecule has 0 aromatic heterocycles. The lowest BCUT2D eigenvalue weighted by Gasteiger charge is -2.50. The Kier molecular flexibility index (Phi) is 5.26. The van der Waals surface area contributed by atoms with Crippen molar-refractivity contribution in [2.45, 2.75) is 67.7 Å². The summed E-state index contributed by atoms with van der Waals surface area (Å²) in [6.07, 6.45) is 1.36. The van der Waals surface area contributed by atoms with Crippen LogP contribution in [0.15, 0.2) is 0 Å². The van der Waals surface area contributed by atoms with Gasteiger partial charge in [-0.2, -0.15) is 0 Å². The van der Waals surface area contributed by atoms with Gasteiger partial charge < -0.3 is 9.47 Å². The number of alkyl halides is 2. The van der Waals surface area contributed by atoms with E-state index in [9.17, 15) is 4.39 Å². The predicted octanol–water partition coefficient (Wildman–Crippen LogP) is -0.535. The maximum Gasteiger partial charge on any atom is 0.117 e. The summed E-state index contributed by atoms with van der Waals surface area (Å²) in [5.41, 5.74) is 3.46. The van der Waals surface area contributed by atoms with Gasteiger partial charge in [0, 0.05) is 45.1 Å². The average Bonchev–Trinajstić information content (AvgIpc) is 3.31. The molecule has 1 saturated carbocycles. The van der Waals surface area contributed by atoms with Crippen molar-refractivity contribution in [3.05, 3.63) is 0 Å². The minimum Gasteiger partial charge on any atom is -0.375 e. The third-order valence-corrected chi connectivity index (χ3v) is 8.23. The van der Waals surface area contributed by atoms with Crippen molar-refractivity contribution in [1.29, 1.82) is 0 Å². The van der Waals surface area contributed by atoms with Gasteiger partial charge in [0.15, 0.2) is 0 Å². The van der Waals surface area contributed by atoms with Gasteiger partial charge in [-0.3, -0.25) is 25.9 Å². The zero-order chi connectivity index (χ0) is 19.5. The molecule has 0 aromatic carbocycles. The molecule has 3 N–H and O–H groups in total. The van der Waals surface area contributed by atoms with E-state index in [0.29, 0.717) is 25.5 Å². The van der Waals surface area contributed by atoms with E-state index in [1.807, 2.05) is 0 Å². The highest BCUT2D eigenvalue weighted by Crippen LogP contribution is 2.35. The minimum absolute atomic E-state index is 0.00938. The largest absolute Gasteiger partial charge is 0.375 e.